The number of carbonyl (C=O) groups excluding carboxylic acids is 3. The van der Waals surface area contributed by atoms with Crippen molar-refractivity contribution in [3.8, 4) is 0 Å². The average molecular weight is 334 g/mol. The molecule has 5 nitrogen and oxygen atoms in total. The molecule has 0 aromatic heterocycles. The summed E-state index contributed by atoms with van der Waals surface area (Å²) in [6.07, 6.45) is 0.0836. The number of amides is 1. The van der Waals surface area contributed by atoms with Crippen molar-refractivity contribution in [1.29, 1.82) is 0 Å². The van der Waals surface area contributed by atoms with Gasteiger partial charge < -0.3 is 0 Å². The number of hydrazone groups is 1. The molecule has 0 unspecified atom stereocenters. The lowest BCUT2D eigenvalue weighted by Crippen LogP contribution is -2.56. The molecule has 1 aliphatic rings. The summed E-state index contributed by atoms with van der Waals surface area (Å²) in [4.78, 5) is 37.9. The normalized spacial score (nSPS) is 15.6. The van der Waals surface area contributed by atoms with Gasteiger partial charge in [-0.15, -0.1) is 0 Å². The van der Waals surface area contributed by atoms with Crippen LogP contribution in [0.25, 0.3) is 0 Å². The van der Waals surface area contributed by atoms with Gasteiger partial charge in [0.1, 0.15) is 0 Å². The molecule has 25 heavy (non-hydrogen) atoms. The van der Waals surface area contributed by atoms with Crippen LogP contribution in [0.4, 0.5) is 0 Å². The number of ketones is 2. The maximum absolute atomic E-state index is 13.0. The number of carbonyl (C=O) groups is 3. The van der Waals surface area contributed by atoms with Gasteiger partial charge in [0.25, 0.3) is 5.91 Å². The van der Waals surface area contributed by atoms with Crippen LogP contribution in [0.2, 0.25) is 0 Å². The van der Waals surface area contributed by atoms with Crippen molar-refractivity contribution >= 4 is 23.2 Å². The number of benzene rings is 2. The van der Waals surface area contributed by atoms with Gasteiger partial charge in [0.15, 0.2) is 17.1 Å². The molecule has 0 bridgehead atoms. The minimum Gasteiger partial charge on any atom is -0.297 e. The first-order valence-corrected chi connectivity index (χ1v) is 8.01. The SMILES string of the molecule is CC(=O)C1(C(C)=O)CC(c2ccccc2)=NN1C(=O)c1ccccc1. The molecule has 0 fully saturated rings. The van der Waals surface area contributed by atoms with Gasteiger partial charge in [-0.1, -0.05) is 48.5 Å². The van der Waals surface area contributed by atoms with Crippen LogP contribution in [-0.2, 0) is 9.59 Å². The van der Waals surface area contributed by atoms with Crippen LogP contribution in [-0.4, -0.2) is 33.7 Å². The maximum Gasteiger partial charge on any atom is 0.275 e. The Balaban J connectivity index is 2.12. The van der Waals surface area contributed by atoms with Crippen molar-refractivity contribution < 1.29 is 14.4 Å². The molecule has 0 aliphatic carbocycles. The number of hydrogen-bond acceptors (Lipinski definition) is 4. The first kappa shape index (κ1) is 16.8. The fourth-order valence-corrected chi connectivity index (χ4v) is 3.07. The fraction of sp³-hybridized carbons (Fsp3) is 0.200. The van der Waals surface area contributed by atoms with Gasteiger partial charge in [0.2, 0.25) is 0 Å². The third-order valence-corrected chi connectivity index (χ3v) is 4.49. The molecule has 0 N–H and O–H groups in total. The first-order chi connectivity index (χ1) is 12.0. The van der Waals surface area contributed by atoms with Crippen molar-refractivity contribution in [2.24, 2.45) is 5.10 Å². The molecular formula is C20H18N2O3. The third-order valence-electron chi connectivity index (χ3n) is 4.49. The van der Waals surface area contributed by atoms with Crippen molar-refractivity contribution in [2.75, 3.05) is 0 Å². The molecule has 0 saturated heterocycles. The van der Waals surface area contributed by atoms with Crippen molar-refractivity contribution in [1.82, 2.24) is 5.01 Å². The van der Waals surface area contributed by atoms with Crippen LogP contribution in [0.15, 0.2) is 65.8 Å². The zero-order valence-corrected chi connectivity index (χ0v) is 14.1. The molecule has 1 amide bonds. The van der Waals surface area contributed by atoms with Gasteiger partial charge in [0.05, 0.1) is 5.71 Å². The Hall–Kier alpha value is -3.08. The van der Waals surface area contributed by atoms with Gasteiger partial charge in [-0.05, 0) is 31.5 Å². The van der Waals surface area contributed by atoms with Crippen LogP contribution in [0.3, 0.4) is 0 Å². The monoisotopic (exact) mass is 334 g/mol. The van der Waals surface area contributed by atoms with Crippen LogP contribution < -0.4 is 0 Å². The highest BCUT2D eigenvalue weighted by molar-refractivity contribution is 6.20. The Morgan fingerprint density at radius 2 is 1.40 bits per heavy atom. The van der Waals surface area contributed by atoms with Gasteiger partial charge >= 0.3 is 0 Å². The second-order valence-corrected chi connectivity index (χ2v) is 6.05. The summed E-state index contributed by atoms with van der Waals surface area (Å²) in [5.41, 5.74) is 0.137. The predicted molar refractivity (Wildman–Crippen MR) is 94.3 cm³/mol. The van der Waals surface area contributed by atoms with Gasteiger partial charge in [-0.3, -0.25) is 14.4 Å². The molecule has 0 saturated carbocycles. The van der Waals surface area contributed by atoms with E-state index in [1.54, 1.807) is 30.3 Å². The molecule has 3 rings (SSSR count). The Morgan fingerprint density at radius 3 is 1.92 bits per heavy atom. The molecule has 5 heteroatoms. The van der Waals surface area contributed by atoms with Gasteiger partial charge in [0, 0.05) is 12.0 Å². The topological polar surface area (TPSA) is 66.8 Å². The molecule has 1 aliphatic heterocycles. The minimum atomic E-state index is -1.59. The number of Topliss-reactive ketones (excluding diaryl/α,β-unsaturated/α-hetero) is 2. The van der Waals surface area contributed by atoms with E-state index in [0.29, 0.717) is 11.3 Å². The lowest BCUT2D eigenvalue weighted by Gasteiger charge is -2.31. The lowest BCUT2D eigenvalue weighted by atomic mass is 9.83. The quantitative estimate of drug-likeness (QED) is 0.808. The van der Waals surface area contributed by atoms with E-state index in [1.165, 1.54) is 13.8 Å². The largest absolute Gasteiger partial charge is 0.297 e. The predicted octanol–water partition coefficient (Wildman–Crippen LogP) is 2.85. The van der Waals surface area contributed by atoms with Crippen molar-refractivity contribution in [3.63, 3.8) is 0 Å². The number of hydrogen-bond donors (Lipinski definition) is 0. The molecule has 0 spiro atoms. The summed E-state index contributed by atoms with van der Waals surface area (Å²) < 4.78 is 0. The molecule has 0 atom stereocenters. The van der Waals surface area contributed by atoms with Crippen molar-refractivity contribution in [2.45, 2.75) is 25.8 Å². The van der Waals surface area contributed by atoms with Crippen LogP contribution in [0, 0.1) is 0 Å². The van der Waals surface area contributed by atoms with E-state index in [9.17, 15) is 14.4 Å². The molecule has 2 aromatic carbocycles. The molecule has 2 aromatic rings. The third kappa shape index (κ3) is 2.78. The maximum atomic E-state index is 13.0. The van der Waals surface area contributed by atoms with E-state index in [2.05, 4.69) is 5.10 Å². The summed E-state index contributed by atoms with van der Waals surface area (Å²) in [5, 5.41) is 5.45. The first-order valence-electron chi connectivity index (χ1n) is 8.01. The minimum absolute atomic E-state index is 0.0836. The second kappa shape index (κ2) is 6.43. The Labute approximate surface area is 146 Å². The van der Waals surface area contributed by atoms with Crippen LogP contribution in [0.5, 0.6) is 0 Å². The standard InChI is InChI=1S/C20H18N2O3/c1-14(23)20(15(2)24)13-18(16-9-5-3-6-10-16)21-22(20)19(25)17-11-7-4-8-12-17/h3-12H,13H2,1-2H3. The number of rotatable bonds is 4. The summed E-state index contributed by atoms with van der Waals surface area (Å²) in [7, 11) is 0. The second-order valence-electron chi connectivity index (χ2n) is 6.05. The average Bonchev–Trinajstić information content (AvgIpc) is 3.05. The molecular weight excluding hydrogens is 316 g/mol. The Morgan fingerprint density at radius 1 is 0.880 bits per heavy atom. The highest BCUT2D eigenvalue weighted by Gasteiger charge is 2.53. The Bertz CT molecular complexity index is 843. The van der Waals surface area contributed by atoms with E-state index < -0.39 is 11.4 Å². The number of nitrogens with zero attached hydrogens (tertiary/aromatic N) is 2. The van der Waals surface area contributed by atoms with Crippen molar-refractivity contribution in [3.05, 3.63) is 71.8 Å². The summed E-state index contributed by atoms with van der Waals surface area (Å²) in [5.74, 6) is -1.24. The summed E-state index contributed by atoms with van der Waals surface area (Å²) in [6, 6.07) is 17.8. The fourth-order valence-electron chi connectivity index (χ4n) is 3.07. The molecule has 126 valence electrons. The molecule has 0 radical (unpaired) electrons. The highest BCUT2D eigenvalue weighted by atomic mass is 16.2. The van der Waals surface area contributed by atoms with Crippen LogP contribution >= 0.6 is 0 Å². The highest BCUT2D eigenvalue weighted by Crippen LogP contribution is 2.33. The zero-order valence-electron chi connectivity index (χ0n) is 14.1. The van der Waals surface area contributed by atoms with E-state index >= 15 is 0 Å². The van der Waals surface area contributed by atoms with E-state index in [4.69, 9.17) is 0 Å². The summed E-state index contributed by atoms with van der Waals surface area (Å²) in [6.45, 7) is 2.66. The molecule has 1 heterocycles. The lowest BCUT2D eigenvalue weighted by molar-refractivity contribution is -0.138. The zero-order chi connectivity index (χ0) is 18.0. The Kier molecular flexibility index (Phi) is 4.31. The summed E-state index contributed by atoms with van der Waals surface area (Å²) >= 11 is 0. The van der Waals surface area contributed by atoms with Crippen LogP contribution in [0.1, 0.15) is 36.2 Å². The van der Waals surface area contributed by atoms with E-state index in [0.717, 1.165) is 10.6 Å². The van der Waals surface area contributed by atoms with E-state index in [-0.39, 0.29) is 18.0 Å². The van der Waals surface area contributed by atoms with Gasteiger partial charge in [-0.2, -0.15) is 5.10 Å². The van der Waals surface area contributed by atoms with Gasteiger partial charge in [-0.25, -0.2) is 5.01 Å². The van der Waals surface area contributed by atoms with E-state index in [1.807, 2.05) is 30.3 Å². The smallest absolute Gasteiger partial charge is 0.275 e.